The Kier molecular flexibility index (Phi) is 6.15. The van der Waals surface area contributed by atoms with E-state index in [9.17, 15) is 4.79 Å². The van der Waals surface area contributed by atoms with Gasteiger partial charge in [-0.05, 0) is 48.0 Å². The van der Waals surface area contributed by atoms with E-state index in [1.807, 2.05) is 71.3 Å². The van der Waals surface area contributed by atoms with Crippen LogP contribution in [0.5, 0.6) is 5.75 Å². The van der Waals surface area contributed by atoms with Crippen LogP contribution in [-0.2, 0) is 12.4 Å². The quantitative estimate of drug-likeness (QED) is 0.309. The van der Waals surface area contributed by atoms with E-state index in [4.69, 9.17) is 16.3 Å². The number of thioether (sulfide) groups is 1. The van der Waals surface area contributed by atoms with E-state index in [-0.39, 0.29) is 12.2 Å². The standard InChI is InChI=1S/C25H19ClN4O2S/c26-18-10-12-20(13-11-18)32-15-23-28-29-25(30(23)19-6-2-1-3-7-19)33-16-17-14-24(31)27-22-9-5-4-8-21(17)22/h1-14H,15-16H2,(H,27,31). The van der Waals surface area contributed by atoms with Crippen molar-refractivity contribution in [2.45, 2.75) is 17.5 Å². The van der Waals surface area contributed by atoms with E-state index in [1.54, 1.807) is 18.2 Å². The minimum atomic E-state index is -0.120. The Morgan fingerprint density at radius 3 is 2.52 bits per heavy atom. The van der Waals surface area contributed by atoms with E-state index in [0.717, 1.165) is 27.3 Å². The molecular weight excluding hydrogens is 456 g/mol. The maximum absolute atomic E-state index is 12.1. The van der Waals surface area contributed by atoms with E-state index in [0.29, 0.717) is 22.3 Å². The third-order valence-corrected chi connectivity index (χ3v) is 6.32. The van der Waals surface area contributed by atoms with Gasteiger partial charge >= 0.3 is 0 Å². The van der Waals surface area contributed by atoms with Crippen LogP contribution in [0.15, 0.2) is 94.9 Å². The van der Waals surface area contributed by atoms with Crippen LogP contribution in [0, 0.1) is 0 Å². The molecule has 0 aliphatic rings. The zero-order chi connectivity index (χ0) is 22.6. The molecule has 3 aromatic carbocycles. The highest BCUT2D eigenvalue weighted by Crippen LogP contribution is 2.28. The molecule has 0 saturated heterocycles. The fraction of sp³-hybridized carbons (Fsp3) is 0.0800. The average molecular weight is 475 g/mol. The molecular formula is C25H19ClN4O2S. The molecule has 6 nitrogen and oxygen atoms in total. The number of nitrogens with zero attached hydrogens (tertiary/aromatic N) is 3. The molecule has 164 valence electrons. The second kappa shape index (κ2) is 9.52. The van der Waals surface area contributed by atoms with Gasteiger partial charge in [-0.25, -0.2) is 0 Å². The van der Waals surface area contributed by atoms with Crippen molar-refractivity contribution in [2.75, 3.05) is 0 Å². The Balaban J connectivity index is 1.44. The highest BCUT2D eigenvalue weighted by molar-refractivity contribution is 7.98. The van der Waals surface area contributed by atoms with Crippen molar-refractivity contribution < 1.29 is 4.74 Å². The van der Waals surface area contributed by atoms with Gasteiger partial charge in [-0.3, -0.25) is 9.36 Å². The third kappa shape index (κ3) is 4.79. The topological polar surface area (TPSA) is 72.8 Å². The number of hydrogen-bond acceptors (Lipinski definition) is 5. The number of fused-ring (bicyclic) bond motifs is 1. The van der Waals surface area contributed by atoms with E-state index < -0.39 is 0 Å². The lowest BCUT2D eigenvalue weighted by Crippen LogP contribution is -2.07. The SMILES string of the molecule is O=c1cc(CSc2nnc(COc3ccc(Cl)cc3)n2-c2ccccc2)c2ccccc2[nH]1. The van der Waals surface area contributed by atoms with Crippen LogP contribution >= 0.6 is 23.4 Å². The van der Waals surface area contributed by atoms with Crippen molar-refractivity contribution in [2.24, 2.45) is 0 Å². The molecule has 8 heteroatoms. The normalized spacial score (nSPS) is 11.1. The molecule has 2 aromatic heterocycles. The van der Waals surface area contributed by atoms with Crippen LogP contribution < -0.4 is 10.3 Å². The fourth-order valence-electron chi connectivity index (χ4n) is 3.54. The first kappa shape index (κ1) is 21.3. The van der Waals surface area contributed by atoms with Gasteiger partial charge in [0.05, 0.1) is 0 Å². The fourth-order valence-corrected chi connectivity index (χ4v) is 4.63. The maximum Gasteiger partial charge on any atom is 0.248 e. The molecule has 5 rings (SSSR count). The number of benzene rings is 3. The summed E-state index contributed by atoms with van der Waals surface area (Å²) in [6.45, 7) is 0.248. The number of ether oxygens (including phenoxy) is 1. The van der Waals surface area contributed by atoms with E-state index in [1.165, 1.54) is 11.8 Å². The number of para-hydroxylation sites is 2. The monoisotopic (exact) mass is 474 g/mol. The molecule has 33 heavy (non-hydrogen) atoms. The van der Waals surface area contributed by atoms with Gasteiger partial charge in [-0.15, -0.1) is 10.2 Å². The van der Waals surface area contributed by atoms with Crippen LogP contribution in [0.4, 0.5) is 0 Å². The summed E-state index contributed by atoms with van der Waals surface area (Å²) in [5.74, 6) is 1.95. The molecule has 2 heterocycles. The summed E-state index contributed by atoms with van der Waals surface area (Å²) in [7, 11) is 0. The highest BCUT2D eigenvalue weighted by Gasteiger charge is 2.16. The molecule has 0 amide bonds. The summed E-state index contributed by atoms with van der Waals surface area (Å²) >= 11 is 7.49. The Morgan fingerprint density at radius 2 is 1.70 bits per heavy atom. The predicted molar refractivity (Wildman–Crippen MR) is 131 cm³/mol. The van der Waals surface area contributed by atoms with Crippen molar-refractivity contribution in [1.82, 2.24) is 19.7 Å². The van der Waals surface area contributed by atoms with Crippen molar-refractivity contribution >= 4 is 34.3 Å². The first-order valence-corrected chi connectivity index (χ1v) is 11.7. The first-order valence-electron chi connectivity index (χ1n) is 10.3. The minimum Gasteiger partial charge on any atom is -0.486 e. The zero-order valence-electron chi connectivity index (χ0n) is 17.4. The summed E-state index contributed by atoms with van der Waals surface area (Å²) in [6.07, 6.45) is 0. The third-order valence-electron chi connectivity index (χ3n) is 5.09. The van der Waals surface area contributed by atoms with Crippen LogP contribution in [0.3, 0.4) is 0 Å². The lowest BCUT2D eigenvalue weighted by atomic mass is 10.1. The number of pyridine rings is 1. The van der Waals surface area contributed by atoms with Gasteiger partial charge in [0, 0.05) is 33.4 Å². The van der Waals surface area contributed by atoms with E-state index in [2.05, 4.69) is 15.2 Å². The summed E-state index contributed by atoms with van der Waals surface area (Å²) in [4.78, 5) is 15.0. The zero-order valence-corrected chi connectivity index (χ0v) is 19.0. The molecule has 0 atom stereocenters. The number of aromatic nitrogens is 4. The minimum absolute atomic E-state index is 0.120. The second-order valence-electron chi connectivity index (χ2n) is 7.31. The largest absolute Gasteiger partial charge is 0.486 e. The smallest absolute Gasteiger partial charge is 0.248 e. The summed E-state index contributed by atoms with van der Waals surface area (Å²) in [5.41, 5.74) is 2.59. The van der Waals surface area contributed by atoms with Gasteiger partial charge in [0.15, 0.2) is 11.0 Å². The summed E-state index contributed by atoms with van der Waals surface area (Å²) in [5, 5.41) is 11.2. The van der Waals surface area contributed by atoms with Crippen molar-refractivity contribution in [3.8, 4) is 11.4 Å². The second-order valence-corrected chi connectivity index (χ2v) is 8.68. The highest BCUT2D eigenvalue weighted by atomic mass is 35.5. The Bertz CT molecular complexity index is 1450. The van der Waals surface area contributed by atoms with Crippen molar-refractivity contribution in [3.05, 3.63) is 112 Å². The van der Waals surface area contributed by atoms with Crippen molar-refractivity contribution in [3.63, 3.8) is 0 Å². The maximum atomic E-state index is 12.1. The van der Waals surface area contributed by atoms with Crippen LogP contribution in [0.1, 0.15) is 11.4 Å². The molecule has 0 unspecified atom stereocenters. The molecule has 0 fully saturated rings. The Hall–Kier alpha value is -3.55. The van der Waals surface area contributed by atoms with E-state index >= 15 is 0 Å². The van der Waals surface area contributed by atoms with Crippen LogP contribution in [-0.4, -0.2) is 19.7 Å². The number of nitrogens with one attached hydrogen (secondary N) is 1. The Labute approximate surface area is 199 Å². The summed E-state index contributed by atoms with van der Waals surface area (Å²) < 4.78 is 7.90. The summed E-state index contributed by atoms with van der Waals surface area (Å²) in [6, 6.07) is 26.5. The molecule has 0 aliphatic heterocycles. The molecule has 0 radical (unpaired) electrons. The van der Waals surface area contributed by atoms with Gasteiger partial charge in [-0.1, -0.05) is 59.8 Å². The lowest BCUT2D eigenvalue weighted by molar-refractivity contribution is 0.293. The number of rotatable bonds is 7. The number of aromatic amines is 1. The van der Waals surface area contributed by atoms with Gasteiger partial charge in [-0.2, -0.15) is 0 Å². The van der Waals surface area contributed by atoms with Gasteiger partial charge in [0.2, 0.25) is 5.56 Å². The van der Waals surface area contributed by atoms with Crippen LogP contribution in [0.25, 0.3) is 16.6 Å². The number of hydrogen-bond donors (Lipinski definition) is 1. The number of H-pyrrole nitrogens is 1. The average Bonchev–Trinajstić information content (AvgIpc) is 3.25. The molecule has 1 N–H and O–H groups in total. The Morgan fingerprint density at radius 1 is 0.939 bits per heavy atom. The van der Waals surface area contributed by atoms with Crippen LogP contribution in [0.2, 0.25) is 5.02 Å². The first-order chi connectivity index (χ1) is 16.2. The van der Waals surface area contributed by atoms with Gasteiger partial charge < -0.3 is 9.72 Å². The molecule has 0 spiro atoms. The van der Waals surface area contributed by atoms with Gasteiger partial charge in [0.1, 0.15) is 12.4 Å². The lowest BCUT2D eigenvalue weighted by Gasteiger charge is -2.11. The molecule has 0 bridgehead atoms. The predicted octanol–water partition coefficient (Wildman–Crippen LogP) is 5.63. The van der Waals surface area contributed by atoms with Crippen molar-refractivity contribution in [1.29, 1.82) is 0 Å². The number of halogens is 1. The van der Waals surface area contributed by atoms with Gasteiger partial charge in [0.25, 0.3) is 0 Å². The molecule has 0 saturated carbocycles. The molecule has 0 aliphatic carbocycles. The molecule has 5 aromatic rings.